The molecular weight excluding hydrogens is 296 g/mol. The van der Waals surface area contributed by atoms with E-state index in [1.54, 1.807) is 12.1 Å². The van der Waals surface area contributed by atoms with Gasteiger partial charge >= 0.3 is 6.61 Å². The number of nitrogens with one attached hydrogen (secondary N) is 1. The topological polar surface area (TPSA) is 21.3 Å². The van der Waals surface area contributed by atoms with E-state index in [4.69, 9.17) is 11.6 Å². The van der Waals surface area contributed by atoms with E-state index in [1.165, 1.54) is 6.07 Å². The zero-order valence-corrected chi connectivity index (χ0v) is 12.3. The van der Waals surface area contributed by atoms with E-state index in [9.17, 15) is 8.78 Å². The Morgan fingerprint density at radius 1 is 1.14 bits per heavy atom. The second-order valence-electron chi connectivity index (χ2n) is 4.59. The fourth-order valence-electron chi connectivity index (χ4n) is 2.18. The average Bonchev–Trinajstić information content (AvgIpc) is 2.46. The monoisotopic (exact) mass is 311 g/mol. The van der Waals surface area contributed by atoms with Crippen LogP contribution >= 0.6 is 11.6 Å². The standard InChI is InChI=1S/C16H16ClF2NO/c1-20-15(10-11-5-2-3-8-14(11)17)12-6-4-7-13(9-12)21-16(18)19/h2-9,15-16,20H,10H2,1H3. The van der Waals surface area contributed by atoms with Crippen LogP contribution < -0.4 is 10.1 Å². The van der Waals surface area contributed by atoms with E-state index in [0.717, 1.165) is 11.1 Å². The van der Waals surface area contributed by atoms with Gasteiger partial charge in [-0.3, -0.25) is 0 Å². The van der Waals surface area contributed by atoms with Crippen molar-refractivity contribution in [2.45, 2.75) is 19.1 Å². The number of benzene rings is 2. The Morgan fingerprint density at radius 3 is 2.57 bits per heavy atom. The predicted octanol–water partition coefficient (Wildman–Crippen LogP) is 4.44. The molecule has 2 aromatic rings. The van der Waals surface area contributed by atoms with Crippen LogP contribution in [0.4, 0.5) is 8.78 Å². The van der Waals surface area contributed by atoms with Gasteiger partial charge in [0.05, 0.1) is 0 Å². The number of rotatable bonds is 6. The van der Waals surface area contributed by atoms with Crippen molar-refractivity contribution in [1.29, 1.82) is 0 Å². The molecule has 5 heteroatoms. The van der Waals surface area contributed by atoms with Crippen LogP contribution in [0.5, 0.6) is 5.75 Å². The van der Waals surface area contributed by atoms with Crippen LogP contribution in [0, 0.1) is 0 Å². The zero-order chi connectivity index (χ0) is 15.2. The number of alkyl halides is 2. The second kappa shape index (κ2) is 7.38. The highest BCUT2D eigenvalue weighted by molar-refractivity contribution is 6.31. The molecule has 0 aliphatic heterocycles. The molecule has 0 spiro atoms. The zero-order valence-electron chi connectivity index (χ0n) is 11.5. The van der Waals surface area contributed by atoms with Gasteiger partial charge in [-0.2, -0.15) is 8.78 Å². The molecule has 0 aliphatic carbocycles. The molecule has 0 saturated heterocycles. The van der Waals surface area contributed by atoms with Crippen molar-refractivity contribution in [1.82, 2.24) is 5.32 Å². The molecule has 0 radical (unpaired) electrons. The highest BCUT2D eigenvalue weighted by atomic mass is 35.5. The molecule has 0 aromatic heterocycles. The fourth-order valence-corrected chi connectivity index (χ4v) is 2.39. The van der Waals surface area contributed by atoms with E-state index in [0.29, 0.717) is 11.4 Å². The minimum absolute atomic E-state index is 0.0360. The Morgan fingerprint density at radius 2 is 1.90 bits per heavy atom. The van der Waals surface area contributed by atoms with Gasteiger partial charge in [0.25, 0.3) is 0 Å². The average molecular weight is 312 g/mol. The molecule has 1 unspecified atom stereocenters. The predicted molar refractivity (Wildman–Crippen MR) is 80.0 cm³/mol. The maximum atomic E-state index is 12.3. The summed E-state index contributed by atoms with van der Waals surface area (Å²) in [5.74, 6) is 0.155. The van der Waals surface area contributed by atoms with Crippen LogP contribution in [-0.2, 0) is 6.42 Å². The van der Waals surface area contributed by atoms with Gasteiger partial charge in [0.2, 0.25) is 0 Å². The van der Waals surface area contributed by atoms with Gasteiger partial charge in [0.1, 0.15) is 5.75 Å². The van der Waals surface area contributed by atoms with E-state index in [-0.39, 0.29) is 11.8 Å². The summed E-state index contributed by atoms with van der Waals surface area (Å²) in [4.78, 5) is 0. The van der Waals surface area contributed by atoms with Crippen LogP contribution in [0.2, 0.25) is 5.02 Å². The second-order valence-corrected chi connectivity index (χ2v) is 4.99. The quantitative estimate of drug-likeness (QED) is 0.851. The van der Waals surface area contributed by atoms with Crippen molar-refractivity contribution in [2.75, 3.05) is 7.05 Å². The molecule has 1 N–H and O–H groups in total. The lowest BCUT2D eigenvalue weighted by Gasteiger charge is -2.18. The first-order chi connectivity index (χ1) is 10.1. The number of hydrogen-bond donors (Lipinski definition) is 1. The molecule has 2 rings (SSSR count). The van der Waals surface area contributed by atoms with E-state index >= 15 is 0 Å². The molecule has 0 fully saturated rings. The Bertz CT molecular complexity index is 592. The molecule has 2 aromatic carbocycles. The van der Waals surface area contributed by atoms with Crippen LogP contribution in [0.1, 0.15) is 17.2 Å². The van der Waals surface area contributed by atoms with Crippen LogP contribution in [0.3, 0.4) is 0 Å². The van der Waals surface area contributed by atoms with Crippen molar-refractivity contribution >= 4 is 11.6 Å². The van der Waals surface area contributed by atoms with Crippen molar-refractivity contribution < 1.29 is 13.5 Å². The maximum absolute atomic E-state index is 12.3. The number of likely N-dealkylation sites (N-methyl/N-ethyl adjacent to an activating group) is 1. The highest BCUT2D eigenvalue weighted by Crippen LogP contribution is 2.26. The Balaban J connectivity index is 2.19. The van der Waals surface area contributed by atoms with Crippen molar-refractivity contribution in [3.63, 3.8) is 0 Å². The molecule has 2 nitrogen and oxygen atoms in total. The third-order valence-corrected chi connectivity index (χ3v) is 3.58. The lowest BCUT2D eigenvalue weighted by Crippen LogP contribution is -2.19. The summed E-state index contributed by atoms with van der Waals surface area (Å²) >= 11 is 6.16. The summed E-state index contributed by atoms with van der Waals surface area (Å²) in [5.41, 5.74) is 1.87. The smallest absolute Gasteiger partial charge is 0.387 e. The Kier molecular flexibility index (Phi) is 5.53. The number of ether oxygens (including phenoxy) is 1. The van der Waals surface area contributed by atoms with Gasteiger partial charge in [0.15, 0.2) is 0 Å². The third-order valence-electron chi connectivity index (χ3n) is 3.22. The largest absolute Gasteiger partial charge is 0.435 e. The Labute approximate surface area is 127 Å². The van der Waals surface area contributed by atoms with Crippen LogP contribution in [-0.4, -0.2) is 13.7 Å². The first-order valence-corrected chi connectivity index (χ1v) is 6.93. The fraction of sp³-hybridized carbons (Fsp3) is 0.250. The van der Waals surface area contributed by atoms with Crippen molar-refractivity contribution in [2.24, 2.45) is 0 Å². The molecule has 1 atom stereocenters. The van der Waals surface area contributed by atoms with Gasteiger partial charge in [-0.05, 0) is 42.8 Å². The summed E-state index contributed by atoms with van der Waals surface area (Å²) in [6.45, 7) is -2.82. The Hall–Kier alpha value is -1.65. The minimum atomic E-state index is -2.82. The van der Waals surface area contributed by atoms with Gasteiger partial charge in [-0.1, -0.05) is 41.9 Å². The molecule has 0 aliphatic rings. The van der Waals surface area contributed by atoms with E-state index < -0.39 is 6.61 Å². The van der Waals surface area contributed by atoms with Crippen LogP contribution in [0.15, 0.2) is 48.5 Å². The van der Waals surface area contributed by atoms with Gasteiger partial charge in [-0.25, -0.2) is 0 Å². The summed E-state index contributed by atoms with van der Waals surface area (Å²) in [7, 11) is 1.82. The normalized spacial score (nSPS) is 12.4. The molecule has 0 bridgehead atoms. The lowest BCUT2D eigenvalue weighted by molar-refractivity contribution is -0.0499. The lowest BCUT2D eigenvalue weighted by atomic mass is 9.99. The minimum Gasteiger partial charge on any atom is -0.435 e. The number of hydrogen-bond acceptors (Lipinski definition) is 2. The SMILES string of the molecule is CNC(Cc1ccccc1Cl)c1cccc(OC(F)F)c1. The highest BCUT2D eigenvalue weighted by Gasteiger charge is 2.13. The van der Waals surface area contributed by atoms with Crippen molar-refractivity contribution in [3.05, 3.63) is 64.7 Å². The van der Waals surface area contributed by atoms with Crippen LogP contribution in [0.25, 0.3) is 0 Å². The van der Waals surface area contributed by atoms with Gasteiger partial charge < -0.3 is 10.1 Å². The van der Waals surface area contributed by atoms with Gasteiger partial charge in [-0.15, -0.1) is 0 Å². The molecule has 21 heavy (non-hydrogen) atoms. The maximum Gasteiger partial charge on any atom is 0.387 e. The summed E-state index contributed by atoms with van der Waals surface area (Å²) < 4.78 is 29.0. The first-order valence-electron chi connectivity index (χ1n) is 6.55. The molecular formula is C16H16ClF2NO. The molecule has 0 amide bonds. The number of halogens is 3. The summed E-state index contributed by atoms with van der Waals surface area (Å²) in [6.07, 6.45) is 0.661. The van der Waals surface area contributed by atoms with E-state index in [1.807, 2.05) is 37.4 Å². The summed E-state index contributed by atoms with van der Waals surface area (Å²) in [5, 5.41) is 3.87. The molecule has 0 heterocycles. The van der Waals surface area contributed by atoms with Crippen molar-refractivity contribution in [3.8, 4) is 5.75 Å². The summed E-state index contributed by atoms with van der Waals surface area (Å²) in [6, 6.07) is 14.2. The molecule has 112 valence electrons. The molecule has 0 saturated carbocycles. The van der Waals surface area contributed by atoms with Gasteiger partial charge in [0, 0.05) is 11.1 Å². The first kappa shape index (κ1) is 15.7. The van der Waals surface area contributed by atoms with E-state index in [2.05, 4.69) is 10.1 Å². The third kappa shape index (κ3) is 4.41.